The molecule has 1 saturated carbocycles. The van der Waals surface area contributed by atoms with Crippen LogP contribution in [0.25, 0.3) is 0 Å². The molecule has 1 atom stereocenters. The molecule has 1 aliphatic heterocycles. The summed E-state index contributed by atoms with van der Waals surface area (Å²) in [7, 11) is -3.02. The minimum atomic E-state index is -3.02. The van der Waals surface area contributed by atoms with Gasteiger partial charge < -0.3 is 9.64 Å². The highest BCUT2D eigenvalue weighted by Gasteiger charge is 2.39. The summed E-state index contributed by atoms with van der Waals surface area (Å²) < 4.78 is 30.1. The van der Waals surface area contributed by atoms with E-state index in [1.165, 1.54) is 0 Å². The highest BCUT2D eigenvalue weighted by atomic mass is 79.9. The Bertz CT molecular complexity index is 700. The number of carbonyl (C=O) groups is 1. The van der Waals surface area contributed by atoms with Crippen molar-refractivity contribution in [3.05, 3.63) is 28.7 Å². The lowest BCUT2D eigenvalue weighted by molar-refractivity contribution is -0.137. The van der Waals surface area contributed by atoms with Gasteiger partial charge in [-0.2, -0.15) is 0 Å². The van der Waals surface area contributed by atoms with E-state index in [4.69, 9.17) is 4.74 Å². The van der Waals surface area contributed by atoms with E-state index in [2.05, 4.69) is 15.9 Å². The average molecular weight is 416 g/mol. The third kappa shape index (κ3) is 4.11. The lowest BCUT2D eigenvalue weighted by Crippen LogP contribution is -2.48. The highest BCUT2D eigenvalue weighted by molar-refractivity contribution is 9.10. The first-order valence-electron chi connectivity index (χ1n) is 8.35. The van der Waals surface area contributed by atoms with Gasteiger partial charge in [0.1, 0.15) is 5.75 Å². The zero-order valence-corrected chi connectivity index (χ0v) is 15.9. The topological polar surface area (TPSA) is 63.7 Å². The molecule has 0 bridgehead atoms. The van der Waals surface area contributed by atoms with Crippen LogP contribution in [0.5, 0.6) is 5.75 Å². The van der Waals surface area contributed by atoms with Crippen molar-refractivity contribution >= 4 is 31.7 Å². The first-order valence-corrected chi connectivity index (χ1v) is 11.0. The van der Waals surface area contributed by atoms with Gasteiger partial charge in [0.25, 0.3) is 5.91 Å². The van der Waals surface area contributed by atoms with Crippen LogP contribution in [0.4, 0.5) is 0 Å². The Morgan fingerprint density at radius 1 is 1.17 bits per heavy atom. The predicted molar refractivity (Wildman–Crippen MR) is 95.8 cm³/mol. The summed E-state index contributed by atoms with van der Waals surface area (Å²) in [6, 6.07) is 7.35. The zero-order chi connectivity index (χ0) is 17.2. The van der Waals surface area contributed by atoms with Crippen molar-refractivity contribution in [1.29, 1.82) is 0 Å². The number of sulfone groups is 1. The number of ether oxygens (including phenoxy) is 1. The molecule has 0 aromatic heterocycles. The molecule has 7 heteroatoms. The summed E-state index contributed by atoms with van der Waals surface area (Å²) in [6.45, 7) is -0.0599. The Kier molecular flexibility index (Phi) is 5.49. The molecule has 1 heterocycles. The molecule has 1 aliphatic carbocycles. The molecule has 5 nitrogen and oxygen atoms in total. The van der Waals surface area contributed by atoms with E-state index in [-0.39, 0.29) is 36.1 Å². The Labute approximate surface area is 151 Å². The van der Waals surface area contributed by atoms with E-state index in [0.29, 0.717) is 12.2 Å². The largest absolute Gasteiger partial charge is 0.483 e. The van der Waals surface area contributed by atoms with E-state index in [0.717, 1.165) is 30.2 Å². The molecular formula is C17H22BrNO4S. The van der Waals surface area contributed by atoms with Gasteiger partial charge in [-0.05, 0) is 47.3 Å². The number of carbonyl (C=O) groups excluding carboxylic acids is 1. The number of para-hydroxylation sites is 1. The molecule has 132 valence electrons. The van der Waals surface area contributed by atoms with Crippen molar-refractivity contribution < 1.29 is 17.9 Å². The molecule has 0 unspecified atom stereocenters. The van der Waals surface area contributed by atoms with E-state index in [1.54, 1.807) is 6.07 Å². The summed E-state index contributed by atoms with van der Waals surface area (Å²) in [6.07, 6.45) is 4.65. The molecule has 0 spiro atoms. The van der Waals surface area contributed by atoms with E-state index >= 15 is 0 Å². The smallest absolute Gasteiger partial charge is 0.261 e. The standard InChI is InChI=1S/C17H22BrNO4S/c18-15-7-3-4-8-16(15)23-11-17(20)19(13-5-1-2-6-13)14-9-10-24(21,22)12-14/h3-4,7-8,13-14H,1-2,5-6,9-12H2/t14-/m0/s1. The second-order valence-corrected chi connectivity index (χ2v) is 9.60. The summed E-state index contributed by atoms with van der Waals surface area (Å²) in [5.41, 5.74) is 0. The van der Waals surface area contributed by atoms with Gasteiger partial charge in [0.05, 0.1) is 16.0 Å². The number of hydrogen-bond donors (Lipinski definition) is 0. The minimum absolute atomic E-state index is 0.0599. The summed E-state index contributed by atoms with van der Waals surface area (Å²) in [4.78, 5) is 14.6. The van der Waals surface area contributed by atoms with Crippen LogP contribution in [0.15, 0.2) is 28.7 Å². The number of halogens is 1. The van der Waals surface area contributed by atoms with Crippen LogP contribution in [-0.2, 0) is 14.6 Å². The number of hydrogen-bond acceptors (Lipinski definition) is 4. The Balaban J connectivity index is 1.70. The van der Waals surface area contributed by atoms with Gasteiger partial charge in [0, 0.05) is 12.1 Å². The van der Waals surface area contributed by atoms with Crippen molar-refractivity contribution in [2.24, 2.45) is 0 Å². The number of amides is 1. The molecule has 1 aromatic rings. The predicted octanol–water partition coefficient (Wildman–Crippen LogP) is 2.79. The van der Waals surface area contributed by atoms with Gasteiger partial charge in [0.15, 0.2) is 16.4 Å². The third-order valence-corrected chi connectivity index (χ3v) is 7.20. The molecule has 1 amide bonds. The van der Waals surface area contributed by atoms with Gasteiger partial charge in [-0.25, -0.2) is 8.42 Å². The third-order valence-electron chi connectivity index (χ3n) is 4.80. The normalized spacial score (nSPS) is 23.3. The molecule has 1 aromatic carbocycles. The van der Waals surface area contributed by atoms with Crippen molar-refractivity contribution in [3.8, 4) is 5.75 Å². The number of benzene rings is 1. The van der Waals surface area contributed by atoms with Crippen molar-refractivity contribution in [1.82, 2.24) is 4.90 Å². The molecule has 2 fully saturated rings. The van der Waals surface area contributed by atoms with Gasteiger partial charge in [-0.1, -0.05) is 25.0 Å². The highest BCUT2D eigenvalue weighted by Crippen LogP contribution is 2.30. The van der Waals surface area contributed by atoms with Crippen molar-refractivity contribution in [2.45, 2.75) is 44.2 Å². The van der Waals surface area contributed by atoms with Gasteiger partial charge in [-0.3, -0.25) is 4.79 Å². The maximum atomic E-state index is 12.8. The number of nitrogens with zero attached hydrogens (tertiary/aromatic N) is 1. The first kappa shape index (κ1) is 17.7. The summed E-state index contributed by atoms with van der Waals surface area (Å²) in [5.74, 6) is 0.778. The number of rotatable bonds is 5. The average Bonchev–Trinajstić information content (AvgIpc) is 3.17. The molecular weight excluding hydrogens is 394 g/mol. The van der Waals surface area contributed by atoms with Crippen LogP contribution in [0, 0.1) is 0 Å². The second kappa shape index (κ2) is 7.44. The minimum Gasteiger partial charge on any atom is -0.483 e. The van der Waals surface area contributed by atoms with Gasteiger partial charge in [0.2, 0.25) is 0 Å². The lowest BCUT2D eigenvalue weighted by Gasteiger charge is -2.34. The fraction of sp³-hybridized carbons (Fsp3) is 0.588. The zero-order valence-electron chi connectivity index (χ0n) is 13.5. The van der Waals surface area contributed by atoms with E-state index < -0.39 is 9.84 Å². The van der Waals surface area contributed by atoms with Gasteiger partial charge >= 0.3 is 0 Å². The first-order chi connectivity index (χ1) is 11.5. The van der Waals surface area contributed by atoms with Crippen LogP contribution in [-0.4, -0.2) is 49.4 Å². The molecule has 0 N–H and O–H groups in total. The molecule has 2 aliphatic rings. The van der Waals surface area contributed by atoms with Crippen LogP contribution in [0.2, 0.25) is 0 Å². The van der Waals surface area contributed by atoms with Crippen LogP contribution in [0.1, 0.15) is 32.1 Å². The van der Waals surface area contributed by atoms with E-state index in [1.807, 2.05) is 23.1 Å². The Hall–Kier alpha value is -1.08. The molecule has 1 saturated heterocycles. The molecule has 3 rings (SSSR count). The fourth-order valence-electron chi connectivity index (χ4n) is 3.66. The monoisotopic (exact) mass is 415 g/mol. The van der Waals surface area contributed by atoms with Crippen molar-refractivity contribution in [2.75, 3.05) is 18.1 Å². The van der Waals surface area contributed by atoms with Crippen LogP contribution < -0.4 is 4.74 Å². The maximum Gasteiger partial charge on any atom is 0.261 e. The fourth-order valence-corrected chi connectivity index (χ4v) is 5.77. The second-order valence-electron chi connectivity index (χ2n) is 6.52. The SMILES string of the molecule is O=C(COc1ccccc1Br)N(C1CCCC1)[C@H]1CCS(=O)(=O)C1. The molecule has 24 heavy (non-hydrogen) atoms. The van der Waals surface area contributed by atoms with Crippen molar-refractivity contribution in [3.63, 3.8) is 0 Å². The van der Waals surface area contributed by atoms with Gasteiger partial charge in [-0.15, -0.1) is 0 Å². The van der Waals surface area contributed by atoms with E-state index in [9.17, 15) is 13.2 Å². The van der Waals surface area contributed by atoms with Crippen LogP contribution >= 0.6 is 15.9 Å². The molecule has 0 radical (unpaired) electrons. The Morgan fingerprint density at radius 3 is 2.50 bits per heavy atom. The lowest BCUT2D eigenvalue weighted by atomic mass is 10.1. The summed E-state index contributed by atoms with van der Waals surface area (Å²) >= 11 is 3.40. The summed E-state index contributed by atoms with van der Waals surface area (Å²) in [5, 5.41) is 0. The Morgan fingerprint density at radius 2 is 1.88 bits per heavy atom. The van der Waals surface area contributed by atoms with Crippen LogP contribution in [0.3, 0.4) is 0 Å². The quantitative estimate of drug-likeness (QED) is 0.741. The maximum absolute atomic E-state index is 12.8.